The number of anilines is 2. The van der Waals surface area contributed by atoms with Crippen LogP contribution in [-0.4, -0.2) is 23.3 Å². The van der Waals surface area contributed by atoms with E-state index >= 15 is 0 Å². The van der Waals surface area contributed by atoms with Gasteiger partial charge in [-0.05, 0) is 12.1 Å². The number of H-pyrrole nitrogens is 1. The average Bonchev–Trinajstić information content (AvgIpc) is 2.91. The number of nitrogens with zero attached hydrogens (tertiary/aromatic N) is 1. The van der Waals surface area contributed by atoms with Gasteiger partial charge in [0, 0.05) is 7.11 Å². The second-order valence-corrected chi connectivity index (χ2v) is 4.10. The maximum Gasteiger partial charge on any atom is 0.330 e. The first kappa shape index (κ1) is 13.9. The Balaban J connectivity index is 2.27. The molecule has 0 aliphatic carbocycles. The van der Waals surface area contributed by atoms with Crippen LogP contribution in [0.2, 0.25) is 0 Å². The van der Waals surface area contributed by atoms with Gasteiger partial charge in [-0.25, -0.2) is 4.79 Å². The number of nitrogens with two attached hydrogens (primary N) is 1. The third-order valence-electron chi connectivity index (χ3n) is 2.78. The van der Waals surface area contributed by atoms with Crippen LogP contribution in [0.4, 0.5) is 11.5 Å². The van der Waals surface area contributed by atoms with E-state index in [2.05, 4.69) is 10.3 Å². The SMILES string of the molecule is COCCn1c(N)c(NCc2ccco2)c(=O)[nH]c1=O. The largest absolute Gasteiger partial charge is 0.467 e. The highest BCUT2D eigenvalue weighted by Gasteiger charge is 2.12. The van der Waals surface area contributed by atoms with Gasteiger partial charge in [0.15, 0.2) is 0 Å². The molecule has 2 aromatic rings. The molecule has 4 N–H and O–H groups in total. The summed E-state index contributed by atoms with van der Waals surface area (Å²) in [5.41, 5.74) is 4.87. The number of aromatic nitrogens is 2. The molecule has 0 fully saturated rings. The van der Waals surface area contributed by atoms with Gasteiger partial charge in [0.05, 0.1) is 26.0 Å². The van der Waals surface area contributed by atoms with Gasteiger partial charge in [-0.15, -0.1) is 0 Å². The predicted octanol–water partition coefficient (Wildman–Crippen LogP) is -0.0297. The minimum absolute atomic E-state index is 0.0716. The van der Waals surface area contributed by atoms with Crippen LogP contribution in [0.3, 0.4) is 0 Å². The molecule has 0 saturated heterocycles. The Labute approximate surface area is 114 Å². The molecule has 8 heteroatoms. The fourth-order valence-corrected chi connectivity index (χ4v) is 1.75. The zero-order valence-electron chi connectivity index (χ0n) is 11.0. The van der Waals surface area contributed by atoms with Crippen molar-refractivity contribution in [1.82, 2.24) is 9.55 Å². The maximum atomic E-state index is 11.8. The quantitative estimate of drug-likeness (QED) is 0.684. The maximum absolute atomic E-state index is 11.8. The molecule has 0 aliphatic heterocycles. The van der Waals surface area contributed by atoms with Crippen LogP contribution >= 0.6 is 0 Å². The highest BCUT2D eigenvalue weighted by molar-refractivity contribution is 5.60. The number of aromatic amines is 1. The van der Waals surface area contributed by atoms with E-state index < -0.39 is 11.2 Å². The van der Waals surface area contributed by atoms with E-state index in [-0.39, 0.29) is 18.1 Å². The highest BCUT2D eigenvalue weighted by Crippen LogP contribution is 2.11. The average molecular weight is 280 g/mol. The summed E-state index contributed by atoms with van der Waals surface area (Å²) in [4.78, 5) is 25.7. The van der Waals surface area contributed by atoms with Crippen LogP contribution in [0.15, 0.2) is 32.4 Å². The lowest BCUT2D eigenvalue weighted by molar-refractivity contribution is 0.186. The number of furan rings is 1. The zero-order chi connectivity index (χ0) is 14.5. The highest BCUT2D eigenvalue weighted by atomic mass is 16.5. The fourth-order valence-electron chi connectivity index (χ4n) is 1.75. The van der Waals surface area contributed by atoms with Gasteiger partial charge in [0.2, 0.25) is 0 Å². The van der Waals surface area contributed by atoms with E-state index in [0.29, 0.717) is 18.9 Å². The smallest absolute Gasteiger partial charge is 0.330 e. The molecule has 0 atom stereocenters. The topological polar surface area (TPSA) is 115 Å². The van der Waals surface area contributed by atoms with Crippen molar-refractivity contribution in [2.45, 2.75) is 13.1 Å². The predicted molar refractivity (Wildman–Crippen MR) is 73.6 cm³/mol. The number of hydrogen-bond donors (Lipinski definition) is 3. The summed E-state index contributed by atoms with van der Waals surface area (Å²) >= 11 is 0. The number of methoxy groups -OCH3 is 1. The van der Waals surface area contributed by atoms with Crippen molar-refractivity contribution in [2.24, 2.45) is 0 Å². The van der Waals surface area contributed by atoms with Gasteiger partial charge in [-0.2, -0.15) is 0 Å². The third-order valence-corrected chi connectivity index (χ3v) is 2.78. The molecular formula is C12H16N4O4. The molecule has 8 nitrogen and oxygen atoms in total. The number of nitrogens with one attached hydrogen (secondary N) is 2. The van der Waals surface area contributed by atoms with Crippen molar-refractivity contribution in [3.63, 3.8) is 0 Å². The Morgan fingerprint density at radius 2 is 2.30 bits per heavy atom. The molecule has 0 aliphatic rings. The van der Waals surface area contributed by atoms with Crippen molar-refractivity contribution in [3.8, 4) is 0 Å². The molecule has 0 spiro atoms. The summed E-state index contributed by atoms with van der Waals surface area (Å²) in [5, 5.41) is 2.86. The summed E-state index contributed by atoms with van der Waals surface area (Å²) in [6.45, 7) is 0.865. The summed E-state index contributed by atoms with van der Waals surface area (Å²) in [7, 11) is 1.52. The lowest BCUT2D eigenvalue weighted by Gasteiger charge is -2.12. The standard InChI is InChI=1S/C12H16N4O4/c1-19-6-4-16-10(13)9(11(17)15-12(16)18)14-7-8-3-2-5-20-8/h2-3,5,14H,4,6-7,13H2,1H3,(H,15,17,18). The Morgan fingerprint density at radius 1 is 1.50 bits per heavy atom. The molecule has 0 saturated carbocycles. The van der Waals surface area contributed by atoms with E-state index in [0.717, 1.165) is 0 Å². The van der Waals surface area contributed by atoms with Crippen LogP contribution in [0, 0.1) is 0 Å². The first-order valence-electron chi connectivity index (χ1n) is 6.01. The second kappa shape index (κ2) is 6.11. The molecule has 20 heavy (non-hydrogen) atoms. The van der Waals surface area contributed by atoms with Crippen LogP contribution in [-0.2, 0) is 17.8 Å². The molecule has 0 radical (unpaired) electrons. The van der Waals surface area contributed by atoms with E-state index in [4.69, 9.17) is 14.9 Å². The summed E-state index contributed by atoms with van der Waals surface area (Å²) in [6, 6.07) is 3.50. The van der Waals surface area contributed by atoms with Gasteiger partial charge in [0.1, 0.15) is 17.3 Å². The van der Waals surface area contributed by atoms with Crippen molar-refractivity contribution >= 4 is 11.5 Å². The Bertz CT molecular complexity index is 672. The number of ether oxygens (including phenoxy) is 1. The normalized spacial score (nSPS) is 10.7. The van der Waals surface area contributed by atoms with Crippen molar-refractivity contribution < 1.29 is 9.15 Å². The lowest BCUT2D eigenvalue weighted by Crippen LogP contribution is -2.34. The molecular weight excluding hydrogens is 264 g/mol. The molecule has 0 bridgehead atoms. The molecule has 2 aromatic heterocycles. The minimum Gasteiger partial charge on any atom is -0.467 e. The van der Waals surface area contributed by atoms with Crippen LogP contribution in [0.1, 0.15) is 5.76 Å². The van der Waals surface area contributed by atoms with Crippen LogP contribution in [0.25, 0.3) is 0 Å². The Morgan fingerprint density at radius 3 is 2.95 bits per heavy atom. The molecule has 108 valence electrons. The molecule has 2 heterocycles. The lowest BCUT2D eigenvalue weighted by atomic mass is 10.4. The minimum atomic E-state index is -0.562. The summed E-state index contributed by atoms with van der Waals surface area (Å²) < 4.78 is 11.3. The van der Waals surface area contributed by atoms with Crippen molar-refractivity contribution in [2.75, 3.05) is 24.8 Å². The fraction of sp³-hybridized carbons (Fsp3) is 0.333. The molecule has 2 rings (SSSR count). The number of rotatable bonds is 6. The van der Waals surface area contributed by atoms with E-state index in [1.54, 1.807) is 12.1 Å². The first-order chi connectivity index (χ1) is 9.63. The van der Waals surface area contributed by atoms with Crippen molar-refractivity contribution in [1.29, 1.82) is 0 Å². The molecule has 0 amide bonds. The van der Waals surface area contributed by atoms with Gasteiger partial charge in [0.25, 0.3) is 5.56 Å². The van der Waals surface area contributed by atoms with Crippen molar-refractivity contribution in [3.05, 3.63) is 45.0 Å². The monoisotopic (exact) mass is 280 g/mol. The van der Waals surface area contributed by atoms with Crippen LogP contribution < -0.4 is 22.3 Å². The first-order valence-corrected chi connectivity index (χ1v) is 6.01. The van der Waals surface area contributed by atoms with E-state index in [1.165, 1.54) is 17.9 Å². The van der Waals surface area contributed by atoms with Gasteiger partial charge < -0.3 is 20.2 Å². The second-order valence-electron chi connectivity index (χ2n) is 4.10. The molecule has 0 unspecified atom stereocenters. The third kappa shape index (κ3) is 2.91. The zero-order valence-corrected chi connectivity index (χ0v) is 11.0. The molecule has 0 aromatic carbocycles. The number of nitrogen functional groups attached to an aromatic ring is 1. The van der Waals surface area contributed by atoms with Gasteiger partial charge in [-0.3, -0.25) is 14.3 Å². The van der Waals surface area contributed by atoms with E-state index in [1.807, 2.05) is 0 Å². The summed E-state index contributed by atoms with van der Waals surface area (Å²) in [6.07, 6.45) is 1.53. The number of hydrogen-bond acceptors (Lipinski definition) is 6. The van der Waals surface area contributed by atoms with Gasteiger partial charge in [-0.1, -0.05) is 0 Å². The van der Waals surface area contributed by atoms with Crippen LogP contribution in [0.5, 0.6) is 0 Å². The summed E-state index contributed by atoms with van der Waals surface area (Å²) in [5.74, 6) is 0.723. The van der Waals surface area contributed by atoms with E-state index in [9.17, 15) is 9.59 Å². The van der Waals surface area contributed by atoms with Gasteiger partial charge >= 0.3 is 5.69 Å². The Kier molecular flexibility index (Phi) is 4.26. The Hall–Kier alpha value is -2.48.